The molecule has 0 saturated carbocycles. The first-order valence-corrected chi connectivity index (χ1v) is 4.91. The average molecular weight is 241 g/mol. The van der Waals surface area contributed by atoms with Gasteiger partial charge in [0.05, 0.1) is 11.3 Å². The summed E-state index contributed by atoms with van der Waals surface area (Å²) in [6, 6.07) is 6.75. The average Bonchev–Trinajstić information content (AvgIpc) is 2.76. The molecule has 1 aromatic heterocycles. The quantitative estimate of drug-likeness (QED) is 0.848. The molecule has 0 unspecified atom stereocenters. The summed E-state index contributed by atoms with van der Waals surface area (Å²) >= 11 is 0. The van der Waals surface area contributed by atoms with Gasteiger partial charge in [0.25, 0.3) is 0 Å². The van der Waals surface area contributed by atoms with Crippen LogP contribution in [0.3, 0.4) is 0 Å². The number of alkyl halides is 3. The molecule has 0 saturated heterocycles. The van der Waals surface area contributed by atoms with Crippen LogP contribution in [-0.4, -0.2) is 17.2 Å². The van der Waals surface area contributed by atoms with Gasteiger partial charge in [0, 0.05) is 18.7 Å². The highest BCUT2D eigenvalue weighted by atomic mass is 19.4. The van der Waals surface area contributed by atoms with E-state index < -0.39 is 11.7 Å². The van der Waals surface area contributed by atoms with Crippen molar-refractivity contribution in [2.45, 2.75) is 6.18 Å². The van der Waals surface area contributed by atoms with Crippen molar-refractivity contribution < 1.29 is 13.2 Å². The molecule has 0 atom stereocenters. The molecule has 0 bridgehead atoms. The molecular weight excluding hydrogens is 231 g/mol. The Morgan fingerprint density at radius 1 is 1.24 bits per heavy atom. The summed E-state index contributed by atoms with van der Waals surface area (Å²) in [6.07, 6.45) is -4.33. The van der Waals surface area contributed by atoms with E-state index in [2.05, 4.69) is 15.5 Å². The smallest absolute Gasteiger partial charge is 0.372 e. The Labute approximate surface area is 95.7 Å². The minimum atomic E-state index is -4.33. The van der Waals surface area contributed by atoms with Gasteiger partial charge in [-0.15, -0.1) is 0 Å². The van der Waals surface area contributed by atoms with Crippen molar-refractivity contribution in [2.75, 3.05) is 12.4 Å². The largest absolute Gasteiger partial charge is 0.416 e. The molecule has 2 aromatic rings. The molecule has 0 aliphatic heterocycles. The van der Waals surface area contributed by atoms with Crippen molar-refractivity contribution in [1.29, 1.82) is 0 Å². The van der Waals surface area contributed by atoms with E-state index in [1.165, 1.54) is 6.07 Å². The Morgan fingerprint density at radius 3 is 2.59 bits per heavy atom. The predicted molar refractivity (Wildman–Crippen MR) is 58.6 cm³/mol. The summed E-state index contributed by atoms with van der Waals surface area (Å²) in [5.74, 6) is 0.581. The third-order valence-corrected chi connectivity index (χ3v) is 2.33. The molecule has 3 nitrogen and oxygen atoms in total. The molecule has 0 spiro atoms. The number of nitrogens with zero attached hydrogens (tertiary/aromatic N) is 1. The Hall–Kier alpha value is -1.98. The fourth-order valence-electron chi connectivity index (χ4n) is 1.46. The fraction of sp³-hybridized carbons (Fsp3) is 0.182. The maximum Gasteiger partial charge on any atom is 0.416 e. The SMILES string of the molecule is CNc1cc(-c2cccc(C(F)(F)F)c2)[nH]n1. The maximum absolute atomic E-state index is 12.5. The number of anilines is 1. The van der Waals surface area contributed by atoms with Crippen LogP contribution in [-0.2, 0) is 6.18 Å². The summed E-state index contributed by atoms with van der Waals surface area (Å²) in [4.78, 5) is 0. The first-order valence-electron chi connectivity index (χ1n) is 4.91. The second kappa shape index (κ2) is 4.12. The van der Waals surface area contributed by atoms with E-state index in [-0.39, 0.29) is 0 Å². The second-order valence-corrected chi connectivity index (χ2v) is 3.50. The fourth-order valence-corrected chi connectivity index (χ4v) is 1.46. The number of aromatic nitrogens is 2. The normalized spacial score (nSPS) is 11.5. The number of H-pyrrole nitrogens is 1. The minimum absolute atomic E-state index is 0.453. The minimum Gasteiger partial charge on any atom is -0.372 e. The Kier molecular flexibility index (Phi) is 2.79. The highest BCUT2D eigenvalue weighted by Crippen LogP contribution is 2.31. The van der Waals surface area contributed by atoms with Crippen LogP contribution in [0, 0.1) is 0 Å². The third kappa shape index (κ3) is 2.41. The summed E-state index contributed by atoms with van der Waals surface area (Å²) < 4.78 is 37.6. The van der Waals surface area contributed by atoms with Crippen LogP contribution in [0.2, 0.25) is 0 Å². The number of benzene rings is 1. The van der Waals surface area contributed by atoms with Crippen LogP contribution in [0.25, 0.3) is 11.3 Å². The topological polar surface area (TPSA) is 40.7 Å². The molecule has 0 amide bonds. The Bertz CT molecular complexity index is 517. The lowest BCUT2D eigenvalue weighted by Gasteiger charge is -2.07. The zero-order chi connectivity index (χ0) is 12.5. The van der Waals surface area contributed by atoms with Crippen LogP contribution in [0.15, 0.2) is 30.3 Å². The molecule has 6 heteroatoms. The molecule has 2 rings (SSSR count). The Balaban J connectivity index is 2.39. The number of nitrogens with one attached hydrogen (secondary N) is 2. The Morgan fingerprint density at radius 2 is 2.00 bits per heavy atom. The van der Waals surface area contributed by atoms with Gasteiger partial charge in [-0.3, -0.25) is 5.10 Å². The van der Waals surface area contributed by atoms with Gasteiger partial charge in [0.15, 0.2) is 0 Å². The number of hydrogen-bond donors (Lipinski definition) is 2. The maximum atomic E-state index is 12.5. The van der Waals surface area contributed by atoms with E-state index in [1.807, 2.05) is 0 Å². The van der Waals surface area contributed by atoms with Gasteiger partial charge in [-0.05, 0) is 12.1 Å². The molecule has 0 fully saturated rings. The molecule has 1 heterocycles. The van der Waals surface area contributed by atoms with Crippen molar-refractivity contribution in [2.24, 2.45) is 0 Å². The predicted octanol–water partition coefficient (Wildman–Crippen LogP) is 3.14. The lowest BCUT2D eigenvalue weighted by molar-refractivity contribution is -0.137. The van der Waals surface area contributed by atoms with Gasteiger partial charge in [0.1, 0.15) is 5.82 Å². The number of hydrogen-bond acceptors (Lipinski definition) is 2. The van der Waals surface area contributed by atoms with Crippen molar-refractivity contribution in [3.05, 3.63) is 35.9 Å². The summed E-state index contributed by atoms with van der Waals surface area (Å²) in [7, 11) is 1.69. The summed E-state index contributed by atoms with van der Waals surface area (Å²) in [6.45, 7) is 0. The molecule has 2 N–H and O–H groups in total. The highest BCUT2D eigenvalue weighted by Gasteiger charge is 2.30. The van der Waals surface area contributed by atoms with Gasteiger partial charge in [0.2, 0.25) is 0 Å². The van der Waals surface area contributed by atoms with Crippen molar-refractivity contribution in [3.63, 3.8) is 0 Å². The van der Waals surface area contributed by atoms with Gasteiger partial charge < -0.3 is 5.32 Å². The molecule has 17 heavy (non-hydrogen) atoms. The van der Waals surface area contributed by atoms with Crippen LogP contribution in [0.1, 0.15) is 5.56 Å². The molecule has 90 valence electrons. The van der Waals surface area contributed by atoms with Gasteiger partial charge in [-0.25, -0.2) is 0 Å². The lowest BCUT2D eigenvalue weighted by Crippen LogP contribution is -2.04. The lowest BCUT2D eigenvalue weighted by atomic mass is 10.1. The molecule has 1 aromatic carbocycles. The van der Waals surface area contributed by atoms with Gasteiger partial charge >= 0.3 is 6.18 Å². The van der Waals surface area contributed by atoms with Crippen molar-refractivity contribution >= 4 is 5.82 Å². The van der Waals surface area contributed by atoms with Crippen LogP contribution in [0.4, 0.5) is 19.0 Å². The van der Waals surface area contributed by atoms with E-state index in [1.54, 1.807) is 19.2 Å². The molecule has 0 radical (unpaired) electrons. The summed E-state index contributed by atoms with van der Waals surface area (Å²) in [5, 5.41) is 9.35. The number of aromatic amines is 1. The van der Waals surface area contributed by atoms with E-state index in [9.17, 15) is 13.2 Å². The van der Waals surface area contributed by atoms with Crippen LogP contribution in [0.5, 0.6) is 0 Å². The van der Waals surface area contributed by atoms with E-state index >= 15 is 0 Å². The monoisotopic (exact) mass is 241 g/mol. The van der Waals surface area contributed by atoms with E-state index in [0.29, 0.717) is 17.1 Å². The number of rotatable bonds is 2. The molecule has 0 aliphatic rings. The zero-order valence-electron chi connectivity index (χ0n) is 8.97. The molecule has 0 aliphatic carbocycles. The van der Waals surface area contributed by atoms with Crippen LogP contribution >= 0.6 is 0 Å². The van der Waals surface area contributed by atoms with Crippen molar-refractivity contribution in [3.8, 4) is 11.3 Å². The first-order chi connectivity index (χ1) is 8.00. The summed E-state index contributed by atoms with van der Waals surface area (Å²) in [5.41, 5.74) is 0.324. The third-order valence-electron chi connectivity index (χ3n) is 2.33. The van der Waals surface area contributed by atoms with Crippen LogP contribution < -0.4 is 5.32 Å². The van der Waals surface area contributed by atoms with Gasteiger partial charge in [-0.2, -0.15) is 18.3 Å². The molecular formula is C11H10F3N3. The van der Waals surface area contributed by atoms with Crippen molar-refractivity contribution in [1.82, 2.24) is 10.2 Å². The van der Waals surface area contributed by atoms with E-state index in [4.69, 9.17) is 0 Å². The first kappa shape index (κ1) is 11.5. The standard InChI is InChI=1S/C11H10F3N3/c1-15-10-6-9(16-17-10)7-3-2-4-8(5-7)11(12,13)14/h2-6H,1H3,(H2,15,16,17). The van der Waals surface area contributed by atoms with E-state index in [0.717, 1.165) is 12.1 Å². The van der Waals surface area contributed by atoms with Gasteiger partial charge in [-0.1, -0.05) is 12.1 Å². The highest BCUT2D eigenvalue weighted by molar-refractivity contribution is 5.63. The second-order valence-electron chi connectivity index (χ2n) is 3.50. The number of halogens is 3. The zero-order valence-corrected chi connectivity index (χ0v) is 8.97.